The third kappa shape index (κ3) is 4.63. The lowest BCUT2D eigenvalue weighted by atomic mass is 10.3. The number of benzene rings is 1. The van der Waals surface area contributed by atoms with Crippen LogP contribution in [0.3, 0.4) is 0 Å². The summed E-state index contributed by atoms with van der Waals surface area (Å²) in [5.74, 6) is -4.56. The Morgan fingerprint density at radius 2 is 1.81 bits per heavy atom. The van der Waals surface area contributed by atoms with Gasteiger partial charge in [0.2, 0.25) is 10.0 Å². The molecule has 0 aliphatic heterocycles. The van der Waals surface area contributed by atoms with Gasteiger partial charge >= 0.3 is 12.1 Å². The maximum absolute atomic E-state index is 13.4. The Kier molecular flexibility index (Phi) is 4.89. The van der Waals surface area contributed by atoms with Crippen LogP contribution in [-0.2, 0) is 14.8 Å². The summed E-state index contributed by atoms with van der Waals surface area (Å²) in [7, 11) is -5.16. The molecule has 0 saturated heterocycles. The SMILES string of the molecule is O=C(O)CN(CC(F)(F)F)S(=O)(=O)c1cc(F)ccc1F. The van der Waals surface area contributed by atoms with E-state index >= 15 is 0 Å². The molecular weight excluding hydrogens is 325 g/mol. The van der Waals surface area contributed by atoms with Crippen LogP contribution in [0.4, 0.5) is 22.0 Å². The van der Waals surface area contributed by atoms with E-state index in [4.69, 9.17) is 5.11 Å². The van der Waals surface area contributed by atoms with Crippen LogP contribution in [0.25, 0.3) is 0 Å². The van der Waals surface area contributed by atoms with Gasteiger partial charge in [-0.05, 0) is 18.2 Å². The lowest BCUT2D eigenvalue weighted by molar-refractivity contribution is -0.146. The van der Waals surface area contributed by atoms with Crippen molar-refractivity contribution in [1.29, 1.82) is 0 Å². The molecule has 0 fully saturated rings. The highest BCUT2D eigenvalue weighted by molar-refractivity contribution is 7.89. The molecule has 0 radical (unpaired) electrons. The molecule has 0 unspecified atom stereocenters. The maximum Gasteiger partial charge on any atom is 0.402 e. The first-order valence-electron chi connectivity index (χ1n) is 5.17. The molecule has 0 saturated carbocycles. The highest BCUT2D eigenvalue weighted by Gasteiger charge is 2.39. The Hall–Kier alpha value is -1.75. The van der Waals surface area contributed by atoms with Crippen molar-refractivity contribution in [3.8, 4) is 0 Å². The smallest absolute Gasteiger partial charge is 0.402 e. The minimum absolute atomic E-state index is 0.176. The summed E-state index contributed by atoms with van der Waals surface area (Å²) in [6.07, 6.45) is -5.05. The number of hydrogen-bond donors (Lipinski definition) is 1. The fourth-order valence-electron chi connectivity index (χ4n) is 1.39. The zero-order chi connectivity index (χ0) is 16.4. The van der Waals surface area contributed by atoms with Gasteiger partial charge < -0.3 is 5.11 Å². The van der Waals surface area contributed by atoms with Gasteiger partial charge in [0.15, 0.2) is 0 Å². The molecule has 0 atom stereocenters. The highest BCUT2D eigenvalue weighted by atomic mass is 32.2. The number of hydrogen-bond acceptors (Lipinski definition) is 3. The van der Waals surface area contributed by atoms with Gasteiger partial charge in [-0.3, -0.25) is 4.79 Å². The predicted molar refractivity (Wildman–Crippen MR) is 58.8 cm³/mol. The first-order chi connectivity index (χ1) is 9.43. The van der Waals surface area contributed by atoms with E-state index in [1.165, 1.54) is 0 Å². The second kappa shape index (κ2) is 5.93. The molecule has 0 heterocycles. The zero-order valence-electron chi connectivity index (χ0n) is 10.1. The van der Waals surface area contributed by atoms with Crippen molar-refractivity contribution in [1.82, 2.24) is 4.31 Å². The standard InChI is InChI=1S/C10H8F5NO4S/c11-6-1-2-7(12)8(3-6)21(19,20)16(4-9(17)18)5-10(13,14)15/h1-3H,4-5H2,(H,17,18). The molecule has 0 aliphatic rings. The number of rotatable bonds is 5. The quantitative estimate of drug-likeness (QED) is 0.831. The summed E-state index contributed by atoms with van der Waals surface area (Å²) in [4.78, 5) is 9.12. The summed E-state index contributed by atoms with van der Waals surface area (Å²) in [5.41, 5.74) is 0. The van der Waals surface area contributed by atoms with Crippen molar-refractivity contribution < 1.29 is 40.3 Å². The number of alkyl halides is 3. The molecule has 1 aromatic rings. The maximum atomic E-state index is 13.4. The average molecular weight is 333 g/mol. The zero-order valence-corrected chi connectivity index (χ0v) is 10.9. The molecule has 1 rings (SSSR count). The van der Waals surface area contributed by atoms with Crippen molar-refractivity contribution >= 4 is 16.0 Å². The van der Waals surface area contributed by atoms with Crippen molar-refractivity contribution in [3.05, 3.63) is 29.8 Å². The van der Waals surface area contributed by atoms with Gasteiger partial charge in [0.25, 0.3) is 0 Å². The first kappa shape index (κ1) is 17.3. The fraction of sp³-hybridized carbons (Fsp3) is 0.300. The summed E-state index contributed by atoms with van der Waals surface area (Å²) in [6.45, 7) is -3.69. The summed E-state index contributed by atoms with van der Waals surface area (Å²) >= 11 is 0. The van der Waals surface area contributed by atoms with Crippen LogP contribution in [0.5, 0.6) is 0 Å². The van der Waals surface area contributed by atoms with Crippen molar-refractivity contribution in [2.24, 2.45) is 0 Å². The fourth-order valence-corrected chi connectivity index (χ4v) is 2.84. The van der Waals surface area contributed by atoms with E-state index in [1.807, 2.05) is 0 Å². The molecule has 5 nitrogen and oxygen atoms in total. The molecule has 0 bridgehead atoms. The van der Waals surface area contributed by atoms with E-state index in [0.717, 1.165) is 0 Å². The third-order valence-electron chi connectivity index (χ3n) is 2.18. The van der Waals surface area contributed by atoms with E-state index < -0.39 is 56.1 Å². The second-order valence-corrected chi connectivity index (χ2v) is 5.76. The minimum atomic E-state index is -5.16. The molecule has 0 aromatic heterocycles. The van der Waals surface area contributed by atoms with Gasteiger partial charge in [-0.25, -0.2) is 17.2 Å². The molecule has 11 heteroatoms. The molecule has 0 aliphatic carbocycles. The molecule has 0 spiro atoms. The number of carboxylic acids is 1. The Bertz CT molecular complexity index is 643. The van der Waals surface area contributed by atoms with Crippen LogP contribution >= 0.6 is 0 Å². The van der Waals surface area contributed by atoms with E-state index in [-0.39, 0.29) is 6.07 Å². The average Bonchev–Trinajstić information content (AvgIpc) is 2.29. The van der Waals surface area contributed by atoms with Crippen molar-refractivity contribution in [3.63, 3.8) is 0 Å². The molecule has 1 aromatic carbocycles. The number of halogens is 5. The van der Waals surface area contributed by atoms with Gasteiger partial charge in [0.1, 0.15) is 29.6 Å². The Labute approximate surface area is 115 Å². The number of carboxylic acid groups (broad SMARTS) is 1. The minimum Gasteiger partial charge on any atom is -0.480 e. The lowest BCUT2D eigenvalue weighted by Crippen LogP contribution is -2.42. The van der Waals surface area contributed by atoms with Crippen molar-refractivity contribution in [2.45, 2.75) is 11.1 Å². The van der Waals surface area contributed by atoms with Gasteiger partial charge in [0.05, 0.1) is 0 Å². The normalized spacial score (nSPS) is 12.7. The molecule has 0 amide bonds. The molecular formula is C10H8F5NO4S. The van der Waals surface area contributed by atoms with Gasteiger partial charge in [0, 0.05) is 0 Å². The lowest BCUT2D eigenvalue weighted by Gasteiger charge is -2.21. The van der Waals surface area contributed by atoms with Crippen LogP contribution < -0.4 is 0 Å². The second-order valence-electron chi connectivity index (χ2n) is 3.86. The van der Waals surface area contributed by atoms with Crippen LogP contribution in [-0.4, -0.2) is 43.1 Å². The van der Waals surface area contributed by atoms with Crippen LogP contribution in [0.15, 0.2) is 23.1 Å². The number of sulfonamides is 1. The van der Waals surface area contributed by atoms with E-state index in [2.05, 4.69) is 0 Å². The monoisotopic (exact) mass is 333 g/mol. The van der Waals surface area contributed by atoms with Gasteiger partial charge in [-0.1, -0.05) is 0 Å². The highest BCUT2D eigenvalue weighted by Crippen LogP contribution is 2.24. The predicted octanol–water partition coefficient (Wildman–Crippen LogP) is 1.60. The largest absolute Gasteiger partial charge is 0.480 e. The topological polar surface area (TPSA) is 74.7 Å². The van der Waals surface area contributed by atoms with Crippen molar-refractivity contribution in [2.75, 3.05) is 13.1 Å². The van der Waals surface area contributed by atoms with Gasteiger partial charge in [-0.2, -0.15) is 17.5 Å². The van der Waals surface area contributed by atoms with Crippen LogP contribution in [0.1, 0.15) is 0 Å². The number of carbonyl (C=O) groups is 1. The van der Waals surface area contributed by atoms with E-state index in [1.54, 1.807) is 0 Å². The van der Waals surface area contributed by atoms with Crippen LogP contribution in [0.2, 0.25) is 0 Å². The molecule has 21 heavy (non-hydrogen) atoms. The van der Waals surface area contributed by atoms with E-state index in [9.17, 15) is 35.2 Å². The summed E-state index contributed by atoms with van der Waals surface area (Å²) in [5, 5.41) is 8.47. The van der Waals surface area contributed by atoms with Gasteiger partial charge in [-0.15, -0.1) is 0 Å². The number of aliphatic carboxylic acids is 1. The Morgan fingerprint density at radius 1 is 1.24 bits per heavy atom. The first-order valence-corrected chi connectivity index (χ1v) is 6.61. The van der Waals surface area contributed by atoms with Crippen LogP contribution in [0, 0.1) is 11.6 Å². The molecule has 1 N–H and O–H groups in total. The summed E-state index contributed by atoms with van der Waals surface area (Å²) in [6, 6.07) is 1.16. The van der Waals surface area contributed by atoms with E-state index in [0.29, 0.717) is 12.1 Å². The third-order valence-corrected chi connectivity index (χ3v) is 3.99. The Morgan fingerprint density at radius 3 is 2.29 bits per heavy atom. The number of nitrogens with zero attached hydrogens (tertiary/aromatic N) is 1. The molecule has 118 valence electrons. The summed E-state index contributed by atoms with van der Waals surface area (Å²) < 4.78 is 86.5. The Balaban J connectivity index is 3.32.